The van der Waals surface area contributed by atoms with Crippen molar-refractivity contribution in [3.05, 3.63) is 94.2 Å². The number of carboxylic acid groups (broad SMARTS) is 1. The van der Waals surface area contributed by atoms with Crippen LogP contribution in [0.3, 0.4) is 0 Å². The highest BCUT2D eigenvalue weighted by atomic mass is 19.1. The Morgan fingerprint density at radius 1 is 1.00 bits per heavy atom. The lowest BCUT2D eigenvalue weighted by Crippen LogP contribution is -2.29. The molecule has 0 bridgehead atoms. The zero-order valence-corrected chi connectivity index (χ0v) is 26.2. The molecule has 5 aromatic rings. The minimum atomic E-state index is -1.40. The number of nitrogens with zero attached hydrogens (tertiary/aromatic N) is 3. The number of hydrogen-bond donors (Lipinski definition) is 1. The molecule has 7 nitrogen and oxygen atoms in total. The summed E-state index contributed by atoms with van der Waals surface area (Å²) in [6, 6.07) is 15.9. The van der Waals surface area contributed by atoms with Crippen molar-refractivity contribution in [3.8, 4) is 39.4 Å². The van der Waals surface area contributed by atoms with Crippen LogP contribution in [0.25, 0.3) is 39.3 Å². The third kappa shape index (κ3) is 5.68. The molecular weight excluding hydrogens is 576 g/mol. The van der Waals surface area contributed by atoms with Gasteiger partial charge in [-0.2, -0.15) is 5.10 Å². The summed E-state index contributed by atoms with van der Waals surface area (Å²) in [4.78, 5) is 17.6. The van der Waals surface area contributed by atoms with Gasteiger partial charge in [0.15, 0.2) is 23.3 Å². The third-order valence-electron chi connectivity index (χ3n) is 8.13. The predicted molar refractivity (Wildman–Crippen MR) is 168 cm³/mol. The number of fused-ring (bicyclic) bond motifs is 2. The predicted octanol–water partition coefficient (Wildman–Crippen LogP) is 8.20. The highest BCUT2D eigenvalue weighted by Crippen LogP contribution is 2.42. The van der Waals surface area contributed by atoms with E-state index >= 15 is 4.39 Å². The van der Waals surface area contributed by atoms with Gasteiger partial charge in [0, 0.05) is 34.0 Å². The monoisotopic (exact) mass is 611 g/mol. The van der Waals surface area contributed by atoms with Gasteiger partial charge in [-0.1, -0.05) is 24.3 Å². The fraction of sp³-hybridized carbons (Fsp3) is 0.306. The lowest BCUT2D eigenvalue weighted by atomic mass is 9.91. The van der Waals surface area contributed by atoms with Gasteiger partial charge < -0.3 is 14.6 Å². The van der Waals surface area contributed by atoms with Gasteiger partial charge in [-0.05, 0) is 101 Å². The van der Waals surface area contributed by atoms with Crippen LogP contribution in [0.15, 0.2) is 54.6 Å². The molecule has 0 amide bonds. The lowest BCUT2D eigenvalue weighted by Gasteiger charge is -2.28. The van der Waals surface area contributed by atoms with E-state index in [2.05, 4.69) is 0 Å². The third-order valence-corrected chi connectivity index (χ3v) is 8.13. The van der Waals surface area contributed by atoms with E-state index in [0.29, 0.717) is 52.4 Å². The minimum absolute atomic E-state index is 0.237. The average Bonchev–Trinajstić information content (AvgIpc) is 3.42. The summed E-state index contributed by atoms with van der Waals surface area (Å²) in [5.41, 5.74) is 6.50. The molecule has 1 aliphatic heterocycles. The topological polar surface area (TPSA) is 86.0 Å². The molecule has 3 heterocycles. The summed E-state index contributed by atoms with van der Waals surface area (Å²) in [5.74, 6) is -1.74. The molecule has 45 heavy (non-hydrogen) atoms. The number of aromatic nitrogens is 3. The number of halogens is 2. The molecule has 3 aromatic carbocycles. The fourth-order valence-corrected chi connectivity index (χ4v) is 6.02. The van der Waals surface area contributed by atoms with Gasteiger partial charge in [0.25, 0.3) is 0 Å². The maximum absolute atomic E-state index is 15.6. The zero-order chi connectivity index (χ0) is 32.2. The molecule has 1 N–H and O–H groups in total. The summed E-state index contributed by atoms with van der Waals surface area (Å²) >= 11 is 0. The Labute approximate surface area is 260 Å². The first-order valence-corrected chi connectivity index (χ1v) is 15.0. The SMILES string of the molecule is Cc1cc(-c2cccc(-c3cc4nc(C)c(C(OC(C)(C)C)C(=O)O)c(-c5cc(F)c6c(c5C)CCCO6)n4n3)c2)ccc1F. The van der Waals surface area contributed by atoms with E-state index in [9.17, 15) is 14.3 Å². The second-order valence-electron chi connectivity index (χ2n) is 12.5. The first-order valence-electron chi connectivity index (χ1n) is 15.0. The van der Waals surface area contributed by atoms with Gasteiger partial charge >= 0.3 is 5.97 Å². The molecular formula is C36H35F2N3O4. The molecule has 0 spiro atoms. The highest BCUT2D eigenvalue weighted by molar-refractivity contribution is 5.83. The number of aliphatic carboxylic acids is 1. The Hall–Kier alpha value is -4.63. The second kappa shape index (κ2) is 11.4. The van der Waals surface area contributed by atoms with Crippen molar-refractivity contribution in [2.75, 3.05) is 6.61 Å². The van der Waals surface area contributed by atoms with Crippen LogP contribution in [0.2, 0.25) is 0 Å². The van der Waals surface area contributed by atoms with Crippen LogP contribution in [0.4, 0.5) is 8.78 Å². The lowest BCUT2D eigenvalue weighted by molar-refractivity contribution is -0.160. The van der Waals surface area contributed by atoms with E-state index < -0.39 is 23.5 Å². The maximum atomic E-state index is 15.6. The molecule has 0 radical (unpaired) electrons. The van der Waals surface area contributed by atoms with Crippen LogP contribution in [0.5, 0.6) is 5.75 Å². The van der Waals surface area contributed by atoms with Gasteiger partial charge in [0.2, 0.25) is 0 Å². The van der Waals surface area contributed by atoms with Gasteiger partial charge in [-0.25, -0.2) is 23.1 Å². The zero-order valence-electron chi connectivity index (χ0n) is 26.2. The molecule has 9 heteroatoms. The van der Waals surface area contributed by atoms with Crippen molar-refractivity contribution < 1.29 is 28.2 Å². The van der Waals surface area contributed by atoms with Gasteiger partial charge in [-0.15, -0.1) is 0 Å². The Balaban J connectivity index is 1.61. The summed E-state index contributed by atoms with van der Waals surface area (Å²) in [6.45, 7) is 11.1. The molecule has 0 aliphatic carbocycles. The number of aryl methyl sites for hydroxylation is 2. The van der Waals surface area contributed by atoms with E-state index in [1.165, 1.54) is 12.1 Å². The Morgan fingerprint density at radius 3 is 2.44 bits per heavy atom. The number of carbonyl (C=O) groups is 1. The van der Waals surface area contributed by atoms with Crippen molar-refractivity contribution in [2.24, 2.45) is 0 Å². The Morgan fingerprint density at radius 2 is 1.73 bits per heavy atom. The molecule has 0 fully saturated rings. The Bertz CT molecular complexity index is 1980. The summed E-state index contributed by atoms with van der Waals surface area (Å²) in [7, 11) is 0. The molecule has 1 atom stereocenters. The molecule has 0 saturated carbocycles. The standard InChI is InChI=1S/C36H35F2N3O4/c1-19-15-23(12-13-27(19)37)22-9-7-10-24(16-22)29-18-30-39-21(3)31(34(35(42)43)45-36(4,5)6)32(41(30)40-29)26-17-28(38)33-25(20(26)2)11-8-14-44-33/h7,9-10,12-13,15-18,34H,8,11,14H2,1-6H3,(H,42,43). The summed E-state index contributed by atoms with van der Waals surface area (Å²) in [5, 5.41) is 15.4. The van der Waals surface area contributed by atoms with E-state index in [1.54, 1.807) is 51.3 Å². The molecule has 1 unspecified atom stereocenters. The van der Waals surface area contributed by atoms with Crippen LogP contribution in [-0.4, -0.2) is 37.9 Å². The Kier molecular flexibility index (Phi) is 7.69. The maximum Gasteiger partial charge on any atom is 0.337 e. The highest BCUT2D eigenvalue weighted by Gasteiger charge is 2.34. The molecule has 1 aliphatic rings. The fourth-order valence-electron chi connectivity index (χ4n) is 6.02. The van der Waals surface area contributed by atoms with Crippen molar-refractivity contribution in [3.63, 3.8) is 0 Å². The van der Waals surface area contributed by atoms with Crippen molar-refractivity contribution >= 4 is 11.6 Å². The van der Waals surface area contributed by atoms with Gasteiger partial charge in [0.1, 0.15) is 5.82 Å². The number of hydrogen-bond acceptors (Lipinski definition) is 5. The second-order valence-corrected chi connectivity index (χ2v) is 12.5. The van der Waals surface area contributed by atoms with E-state index in [1.807, 2.05) is 37.3 Å². The molecule has 0 saturated heterocycles. The normalized spacial score (nSPS) is 13.9. The molecule has 2 aromatic heterocycles. The minimum Gasteiger partial charge on any atom is -0.490 e. The van der Waals surface area contributed by atoms with Crippen LogP contribution in [0.1, 0.15) is 61.2 Å². The van der Waals surface area contributed by atoms with E-state index in [4.69, 9.17) is 19.6 Å². The van der Waals surface area contributed by atoms with Crippen LogP contribution in [-0.2, 0) is 16.0 Å². The van der Waals surface area contributed by atoms with Crippen molar-refractivity contribution in [1.82, 2.24) is 14.6 Å². The molecule has 232 valence electrons. The molecule has 6 rings (SSSR count). The first-order chi connectivity index (χ1) is 21.3. The van der Waals surface area contributed by atoms with Gasteiger partial charge in [0.05, 0.1) is 23.6 Å². The van der Waals surface area contributed by atoms with Crippen LogP contribution < -0.4 is 4.74 Å². The number of benzene rings is 3. The van der Waals surface area contributed by atoms with Crippen LogP contribution >= 0.6 is 0 Å². The van der Waals surface area contributed by atoms with E-state index in [-0.39, 0.29) is 11.6 Å². The number of carboxylic acids is 1. The largest absolute Gasteiger partial charge is 0.490 e. The average molecular weight is 612 g/mol. The van der Waals surface area contributed by atoms with Crippen molar-refractivity contribution in [1.29, 1.82) is 0 Å². The smallest absolute Gasteiger partial charge is 0.337 e. The van der Waals surface area contributed by atoms with Gasteiger partial charge in [-0.3, -0.25) is 0 Å². The summed E-state index contributed by atoms with van der Waals surface area (Å²) in [6.07, 6.45) is -0.0194. The van der Waals surface area contributed by atoms with E-state index in [0.717, 1.165) is 34.2 Å². The van der Waals surface area contributed by atoms with Crippen molar-refractivity contribution in [2.45, 2.75) is 66.1 Å². The first kappa shape index (κ1) is 30.4. The number of ether oxygens (including phenoxy) is 2. The van der Waals surface area contributed by atoms with Crippen LogP contribution in [0, 0.1) is 32.4 Å². The summed E-state index contributed by atoms with van der Waals surface area (Å²) < 4.78 is 43.0. The quantitative estimate of drug-likeness (QED) is 0.208. The number of rotatable bonds is 6.